The standard InChI is InChI=1S/C9H12N2OS/c1-3-8(11-10-7(2)12)9-5-4-6-13-9/h4-6H,3H2,1-2H3,(H,10,12)/b11-8-. The molecule has 1 aromatic rings. The molecule has 0 atom stereocenters. The third kappa shape index (κ3) is 2.99. The van der Waals surface area contributed by atoms with Crippen LogP contribution >= 0.6 is 11.3 Å². The highest BCUT2D eigenvalue weighted by atomic mass is 32.1. The van der Waals surface area contributed by atoms with E-state index in [2.05, 4.69) is 10.5 Å². The maximum Gasteiger partial charge on any atom is 0.236 e. The summed E-state index contributed by atoms with van der Waals surface area (Å²) < 4.78 is 0. The summed E-state index contributed by atoms with van der Waals surface area (Å²) in [6.45, 7) is 3.46. The smallest absolute Gasteiger partial charge is 0.236 e. The minimum atomic E-state index is -0.137. The Kier molecular flexibility index (Phi) is 3.64. The van der Waals surface area contributed by atoms with Crippen LogP contribution in [0, 0.1) is 0 Å². The van der Waals surface area contributed by atoms with Gasteiger partial charge in [0.15, 0.2) is 0 Å². The van der Waals surface area contributed by atoms with Gasteiger partial charge < -0.3 is 0 Å². The molecule has 13 heavy (non-hydrogen) atoms. The lowest BCUT2D eigenvalue weighted by molar-refractivity contribution is -0.118. The monoisotopic (exact) mass is 196 g/mol. The second-order valence-electron chi connectivity index (χ2n) is 2.56. The molecule has 0 saturated heterocycles. The van der Waals surface area contributed by atoms with Crippen LogP contribution in [0.4, 0.5) is 0 Å². The van der Waals surface area contributed by atoms with E-state index in [-0.39, 0.29) is 5.91 Å². The Bertz CT molecular complexity index is 303. The number of thiophene rings is 1. The predicted molar refractivity (Wildman–Crippen MR) is 55.0 cm³/mol. The van der Waals surface area contributed by atoms with Crippen molar-refractivity contribution >= 4 is 23.0 Å². The molecule has 0 aromatic carbocycles. The van der Waals surface area contributed by atoms with Crippen LogP contribution in [0.25, 0.3) is 0 Å². The molecule has 0 spiro atoms. The Labute approximate surface area is 81.5 Å². The quantitative estimate of drug-likeness (QED) is 0.583. The van der Waals surface area contributed by atoms with Gasteiger partial charge in [-0.25, -0.2) is 5.43 Å². The Morgan fingerprint density at radius 1 is 1.69 bits per heavy atom. The van der Waals surface area contributed by atoms with Crippen LogP contribution < -0.4 is 5.43 Å². The zero-order chi connectivity index (χ0) is 9.68. The van der Waals surface area contributed by atoms with Crippen LogP contribution in [0.5, 0.6) is 0 Å². The van der Waals surface area contributed by atoms with E-state index in [1.807, 2.05) is 24.4 Å². The fourth-order valence-corrected chi connectivity index (χ4v) is 1.68. The van der Waals surface area contributed by atoms with Crippen molar-refractivity contribution in [3.63, 3.8) is 0 Å². The molecule has 0 aliphatic rings. The highest BCUT2D eigenvalue weighted by Gasteiger charge is 2.01. The lowest BCUT2D eigenvalue weighted by Crippen LogP contribution is -2.15. The SMILES string of the molecule is CC/C(=N/NC(C)=O)c1cccs1. The number of hydrazone groups is 1. The molecular formula is C9H12N2OS. The van der Waals surface area contributed by atoms with Crippen molar-refractivity contribution in [2.75, 3.05) is 0 Å². The fraction of sp³-hybridized carbons (Fsp3) is 0.333. The van der Waals surface area contributed by atoms with Gasteiger partial charge in [-0.05, 0) is 17.9 Å². The lowest BCUT2D eigenvalue weighted by Gasteiger charge is -1.99. The van der Waals surface area contributed by atoms with Crippen LogP contribution in [-0.2, 0) is 4.79 Å². The summed E-state index contributed by atoms with van der Waals surface area (Å²) in [5.74, 6) is -0.137. The highest BCUT2D eigenvalue weighted by molar-refractivity contribution is 7.12. The Morgan fingerprint density at radius 3 is 2.92 bits per heavy atom. The van der Waals surface area contributed by atoms with Crippen LogP contribution in [0.1, 0.15) is 25.1 Å². The fourth-order valence-electron chi connectivity index (χ4n) is 0.897. The van der Waals surface area contributed by atoms with Crippen LogP contribution in [-0.4, -0.2) is 11.6 Å². The number of carbonyl (C=O) groups is 1. The van der Waals surface area contributed by atoms with Crippen LogP contribution in [0.15, 0.2) is 22.6 Å². The topological polar surface area (TPSA) is 41.5 Å². The molecule has 1 rings (SSSR count). The molecule has 0 aliphatic carbocycles. The number of amides is 1. The Hall–Kier alpha value is -1.16. The molecule has 0 bridgehead atoms. The lowest BCUT2D eigenvalue weighted by atomic mass is 10.2. The first-order valence-electron chi connectivity index (χ1n) is 4.11. The van der Waals surface area contributed by atoms with Gasteiger partial charge in [0.05, 0.1) is 10.6 Å². The average molecular weight is 196 g/mol. The van der Waals surface area contributed by atoms with Crippen LogP contribution in [0.3, 0.4) is 0 Å². The largest absolute Gasteiger partial charge is 0.274 e. The number of hydrogen-bond donors (Lipinski definition) is 1. The molecular weight excluding hydrogens is 184 g/mol. The second-order valence-corrected chi connectivity index (χ2v) is 3.51. The third-order valence-corrected chi connectivity index (χ3v) is 2.41. The van der Waals surface area contributed by atoms with E-state index in [1.54, 1.807) is 11.3 Å². The van der Waals surface area contributed by atoms with Gasteiger partial charge in [0.25, 0.3) is 0 Å². The zero-order valence-corrected chi connectivity index (χ0v) is 8.52. The van der Waals surface area contributed by atoms with Crippen molar-refractivity contribution in [3.05, 3.63) is 22.4 Å². The summed E-state index contributed by atoms with van der Waals surface area (Å²) in [5, 5.41) is 6.01. The minimum Gasteiger partial charge on any atom is -0.274 e. The number of nitrogens with zero attached hydrogens (tertiary/aromatic N) is 1. The first-order valence-corrected chi connectivity index (χ1v) is 4.99. The number of hydrogen-bond acceptors (Lipinski definition) is 3. The molecule has 4 heteroatoms. The number of rotatable bonds is 3. The van der Waals surface area contributed by atoms with Crippen molar-refractivity contribution < 1.29 is 4.79 Å². The molecule has 1 aromatic heterocycles. The van der Waals surface area contributed by atoms with E-state index in [0.717, 1.165) is 17.0 Å². The zero-order valence-electron chi connectivity index (χ0n) is 7.70. The second kappa shape index (κ2) is 4.77. The summed E-state index contributed by atoms with van der Waals surface area (Å²) in [4.78, 5) is 11.7. The summed E-state index contributed by atoms with van der Waals surface area (Å²) in [6.07, 6.45) is 0.820. The maximum atomic E-state index is 10.6. The minimum absolute atomic E-state index is 0.137. The highest BCUT2D eigenvalue weighted by Crippen LogP contribution is 2.11. The molecule has 3 nitrogen and oxygen atoms in total. The third-order valence-electron chi connectivity index (χ3n) is 1.49. The maximum absolute atomic E-state index is 10.6. The van der Waals surface area contributed by atoms with Gasteiger partial charge in [0, 0.05) is 6.92 Å². The average Bonchev–Trinajstić information content (AvgIpc) is 2.58. The van der Waals surface area contributed by atoms with E-state index < -0.39 is 0 Å². The molecule has 0 unspecified atom stereocenters. The molecule has 0 radical (unpaired) electrons. The Morgan fingerprint density at radius 2 is 2.46 bits per heavy atom. The molecule has 1 N–H and O–H groups in total. The summed E-state index contributed by atoms with van der Waals surface area (Å²) in [6, 6.07) is 3.97. The van der Waals surface area contributed by atoms with Crippen molar-refractivity contribution in [1.29, 1.82) is 0 Å². The summed E-state index contributed by atoms with van der Waals surface area (Å²) >= 11 is 1.63. The van der Waals surface area contributed by atoms with Crippen molar-refractivity contribution in [3.8, 4) is 0 Å². The molecule has 70 valence electrons. The predicted octanol–water partition coefficient (Wildman–Crippen LogP) is 2.00. The van der Waals surface area contributed by atoms with E-state index in [1.165, 1.54) is 6.92 Å². The van der Waals surface area contributed by atoms with Crippen molar-refractivity contribution in [2.45, 2.75) is 20.3 Å². The number of carbonyl (C=O) groups excluding carboxylic acids is 1. The van der Waals surface area contributed by atoms with E-state index in [0.29, 0.717) is 0 Å². The Balaban J connectivity index is 2.73. The van der Waals surface area contributed by atoms with Gasteiger partial charge in [-0.3, -0.25) is 4.79 Å². The summed E-state index contributed by atoms with van der Waals surface area (Å²) in [7, 11) is 0. The molecule has 0 saturated carbocycles. The van der Waals surface area contributed by atoms with Gasteiger partial charge >= 0.3 is 0 Å². The van der Waals surface area contributed by atoms with E-state index in [9.17, 15) is 4.79 Å². The molecule has 1 heterocycles. The first-order chi connectivity index (χ1) is 6.24. The van der Waals surface area contributed by atoms with Crippen molar-refractivity contribution in [2.24, 2.45) is 5.10 Å². The van der Waals surface area contributed by atoms with Crippen molar-refractivity contribution in [1.82, 2.24) is 5.43 Å². The molecule has 0 fully saturated rings. The van der Waals surface area contributed by atoms with Gasteiger partial charge in [-0.1, -0.05) is 13.0 Å². The first kappa shape index (κ1) is 9.92. The summed E-state index contributed by atoms with van der Waals surface area (Å²) in [5.41, 5.74) is 3.36. The van der Waals surface area contributed by atoms with E-state index in [4.69, 9.17) is 0 Å². The number of nitrogens with one attached hydrogen (secondary N) is 1. The normalized spacial score (nSPS) is 11.4. The van der Waals surface area contributed by atoms with Gasteiger partial charge in [-0.15, -0.1) is 11.3 Å². The van der Waals surface area contributed by atoms with Gasteiger partial charge in [0.2, 0.25) is 5.91 Å². The van der Waals surface area contributed by atoms with Crippen LogP contribution in [0.2, 0.25) is 0 Å². The molecule has 1 amide bonds. The molecule has 0 aliphatic heterocycles. The van der Waals surface area contributed by atoms with Gasteiger partial charge in [-0.2, -0.15) is 5.10 Å². The van der Waals surface area contributed by atoms with E-state index >= 15 is 0 Å². The van der Waals surface area contributed by atoms with Gasteiger partial charge in [0.1, 0.15) is 0 Å².